The molecule has 62 valence electrons. The highest BCUT2D eigenvalue weighted by molar-refractivity contribution is 7.78. The van der Waals surface area contributed by atoms with E-state index in [0.717, 1.165) is 11.8 Å². The van der Waals surface area contributed by atoms with Crippen molar-refractivity contribution in [3.63, 3.8) is 0 Å². The number of thiocarbonyl (C=S) groups is 1. The van der Waals surface area contributed by atoms with E-state index in [1.54, 1.807) is 0 Å². The standard InChI is InChI=1S/C9H15NS/c1-3-8-4-5-9(7(8)2)10-6-11/h7-9H,3-5H2,1-2H3. The third kappa shape index (κ3) is 1.88. The molecule has 3 atom stereocenters. The Morgan fingerprint density at radius 2 is 2.27 bits per heavy atom. The Hall–Kier alpha value is -0.200. The first-order valence-electron chi connectivity index (χ1n) is 4.36. The lowest BCUT2D eigenvalue weighted by Gasteiger charge is -2.14. The zero-order valence-corrected chi connectivity index (χ0v) is 8.03. The van der Waals surface area contributed by atoms with Crippen molar-refractivity contribution in [2.45, 2.75) is 39.2 Å². The lowest BCUT2D eigenvalue weighted by molar-refractivity contribution is 0.384. The minimum atomic E-state index is 0.470. The van der Waals surface area contributed by atoms with Gasteiger partial charge in [0.1, 0.15) is 0 Å². The summed E-state index contributed by atoms with van der Waals surface area (Å²) < 4.78 is 0. The van der Waals surface area contributed by atoms with Crippen LogP contribution in [-0.4, -0.2) is 11.2 Å². The maximum Gasteiger partial charge on any atom is 0.0631 e. The van der Waals surface area contributed by atoms with Crippen LogP contribution in [0.2, 0.25) is 0 Å². The van der Waals surface area contributed by atoms with Crippen molar-refractivity contribution in [3.8, 4) is 0 Å². The van der Waals surface area contributed by atoms with Crippen molar-refractivity contribution in [2.24, 2.45) is 16.8 Å². The average Bonchev–Trinajstić information content (AvgIpc) is 2.34. The Balaban J connectivity index is 2.54. The summed E-state index contributed by atoms with van der Waals surface area (Å²) in [5.74, 6) is 1.59. The molecule has 1 aliphatic carbocycles. The number of isothiocyanates is 1. The monoisotopic (exact) mass is 169 g/mol. The van der Waals surface area contributed by atoms with Gasteiger partial charge in [-0.25, -0.2) is 4.99 Å². The summed E-state index contributed by atoms with van der Waals surface area (Å²) in [6, 6.07) is 0.470. The van der Waals surface area contributed by atoms with Gasteiger partial charge in [-0.2, -0.15) is 0 Å². The van der Waals surface area contributed by atoms with Crippen LogP contribution >= 0.6 is 12.2 Å². The van der Waals surface area contributed by atoms with Gasteiger partial charge in [-0.3, -0.25) is 0 Å². The van der Waals surface area contributed by atoms with E-state index in [2.05, 4.69) is 36.2 Å². The van der Waals surface area contributed by atoms with Crippen LogP contribution in [0.3, 0.4) is 0 Å². The molecule has 0 aromatic heterocycles. The predicted octanol–water partition coefficient (Wildman–Crippen LogP) is 2.91. The highest BCUT2D eigenvalue weighted by Crippen LogP contribution is 2.35. The third-order valence-electron chi connectivity index (χ3n) is 2.93. The Morgan fingerprint density at radius 3 is 2.73 bits per heavy atom. The molecule has 2 heteroatoms. The first kappa shape index (κ1) is 8.89. The third-order valence-corrected chi connectivity index (χ3v) is 3.03. The molecule has 1 fully saturated rings. The number of hydrogen-bond donors (Lipinski definition) is 0. The van der Waals surface area contributed by atoms with E-state index in [4.69, 9.17) is 0 Å². The van der Waals surface area contributed by atoms with Crippen LogP contribution in [0.1, 0.15) is 33.1 Å². The fourth-order valence-electron chi connectivity index (χ4n) is 2.05. The molecule has 3 unspecified atom stereocenters. The average molecular weight is 169 g/mol. The summed E-state index contributed by atoms with van der Waals surface area (Å²) in [7, 11) is 0. The number of hydrogen-bond acceptors (Lipinski definition) is 2. The topological polar surface area (TPSA) is 12.4 Å². The van der Waals surface area contributed by atoms with E-state index in [-0.39, 0.29) is 0 Å². The Bertz CT molecular complexity index is 172. The van der Waals surface area contributed by atoms with Crippen LogP contribution in [0, 0.1) is 11.8 Å². The maximum absolute atomic E-state index is 4.60. The van der Waals surface area contributed by atoms with Gasteiger partial charge < -0.3 is 0 Å². The van der Waals surface area contributed by atoms with E-state index in [1.807, 2.05) is 0 Å². The number of rotatable bonds is 2. The lowest BCUT2D eigenvalue weighted by atomic mass is 9.94. The molecule has 11 heavy (non-hydrogen) atoms. The minimum Gasteiger partial charge on any atom is -0.229 e. The first-order valence-corrected chi connectivity index (χ1v) is 4.77. The Labute approximate surface area is 73.9 Å². The van der Waals surface area contributed by atoms with Crippen molar-refractivity contribution in [3.05, 3.63) is 0 Å². The van der Waals surface area contributed by atoms with Gasteiger partial charge in [0.15, 0.2) is 0 Å². The number of aliphatic imine (C=N–C) groups is 1. The molecule has 0 amide bonds. The van der Waals surface area contributed by atoms with Crippen LogP contribution in [0.5, 0.6) is 0 Å². The molecule has 1 saturated carbocycles. The van der Waals surface area contributed by atoms with Gasteiger partial charge in [-0.05, 0) is 36.9 Å². The lowest BCUT2D eigenvalue weighted by Crippen LogP contribution is -2.12. The summed E-state index contributed by atoms with van der Waals surface area (Å²) in [6.07, 6.45) is 3.82. The second-order valence-electron chi connectivity index (χ2n) is 3.39. The van der Waals surface area contributed by atoms with Crippen LogP contribution in [0.25, 0.3) is 0 Å². The second kappa shape index (κ2) is 3.99. The molecular weight excluding hydrogens is 154 g/mol. The van der Waals surface area contributed by atoms with E-state index < -0.39 is 0 Å². The summed E-state index contributed by atoms with van der Waals surface area (Å²) in [5.41, 5.74) is 0. The maximum atomic E-state index is 4.60. The van der Waals surface area contributed by atoms with Crippen molar-refractivity contribution in [1.82, 2.24) is 0 Å². The van der Waals surface area contributed by atoms with Crippen LogP contribution in [0.15, 0.2) is 4.99 Å². The molecule has 0 radical (unpaired) electrons. The fraction of sp³-hybridized carbons (Fsp3) is 0.889. The molecule has 1 nitrogen and oxygen atoms in total. The van der Waals surface area contributed by atoms with E-state index >= 15 is 0 Å². The molecule has 0 aliphatic heterocycles. The van der Waals surface area contributed by atoms with Crippen LogP contribution in [0.4, 0.5) is 0 Å². The van der Waals surface area contributed by atoms with Gasteiger partial charge >= 0.3 is 0 Å². The zero-order valence-electron chi connectivity index (χ0n) is 7.21. The summed E-state index contributed by atoms with van der Waals surface area (Å²) in [4.78, 5) is 4.17. The molecule has 0 N–H and O–H groups in total. The van der Waals surface area contributed by atoms with E-state index in [0.29, 0.717) is 6.04 Å². The molecule has 0 aromatic rings. The largest absolute Gasteiger partial charge is 0.229 e. The highest BCUT2D eigenvalue weighted by atomic mass is 32.1. The van der Waals surface area contributed by atoms with Crippen molar-refractivity contribution >= 4 is 17.4 Å². The molecule has 1 aliphatic rings. The molecule has 0 aromatic carbocycles. The van der Waals surface area contributed by atoms with Crippen molar-refractivity contribution < 1.29 is 0 Å². The minimum absolute atomic E-state index is 0.470. The normalized spacial score (nSPS) is 36.7. The molecule has 0 heterocycles. The van der Waals surface area contributed by atoms with Gasteiger partial charge in [0.2, 0.25) is 0 Å². The molecule has 0 saturated heterocycles. The number of nitrogens with zero attached hydrogens (tertiary/aromatic N) is 1. The Morgan fingerprint density at radius 1 is 1.55 bits per heavy atom. The Kier molecular flexibility index (Phi) is 3.22. The molecule has 1 rings (SSSR count). The summed E-state index contributed by atoms with van der Waals surface area (Å²) in [6.45, 7) is 4.53. The first-order chi connectivity index (χ1) is 5.29. The smallest absolute Gasteiger partial charge is 0.0631 e. The molecule has 0 spiro atoms. The van der Waals surface area contributed by atoms with Crippen LogP contribution < -0.4 is 0 Å². The van der Waals surface area contributed by atoms with Gasteiger partial charge in [0.25, 0.3) is 0 Å². The highest BCUT2D eigenvalue weighted by Gasteiger charge is 2.30. The molecular formula is C9H15NS. The van der Waals surface area contributed by atoms with Crippen molar-refractivity contribution in [2.75, 3.05) is 0 Å². The summed E-state index contributed by atoms with van der Waals surface area (Å²) in [5, 5.41) is 2.49. The van der Waals surface area contributed by atoms with Crippen molar-refractivity contribution in [1.29, 1.82) is 0 Å². The van der Waals surface area contributed by atoms with E-state index in [1.165, 1.54) is 19.3 Å². The van der Waals surface area contributed by atoms with Gasteiger partial charge in [-0.1, -0.05) is 20.3 Å². The second-order valence-corrected chi connectivity index (χ2v) is 3.58. The summed E-state index contributed by atoms with van der Waals surface area (Å²) >= 11 is 4.60. The molecule has 0 bridgehead atoms. The van der Waals surface area contributed by atoms with E-state index in [9.17, 15) is 0 Å². The van der Waals surface area contributed by atoms with Gasteiger partial charge in [0, 0.05) is 0 Å². The van der Waals surface area contributed by atoms with Gasteiger partial charge in [-0.15, -0.1) is 0 Å². The fourth-order valence-corrected chi connectivity index (χ4v) is 2.19. The van der Waals surface area contributed by atoms with Crippen LogP contribution in [-0.2, 0) is 0 Å². The quantitative estimate of drug-likeness (QED) is 0.457. The van der Waals surface area contributed by atoms with Gasteiger partial charge in [0.05, 0.1) is 11.2 Å². The SMILES string of the molecule is CCC1CCC(N=C=S)C1C. The zero-order chi connectivity index (χ0) is 8.27. The predicted molar refractivity (Wildman–Crippen MR) is 51.0 cm³/mol.